The number of carboxylic acid groups (broad SMARTS) is 1. The van der Waals surface area contributed by atoms with E-state index < -0.39 is 11.9 Å². The number of aromatic nitrogens is 1. The molecule has 0 aliphatic carbocycles. The molecule has 2 N–H and O–H groups in total. The maximum absolute atomic E-state index is 12.8. The molecule has 1 aromatic heterocycles. The molecule has 7 heteroatoms. The highest BCUT2D eigenvalue weighted by molar-refractivity contribution is 6.08. The second-order valence-electron chi connectivity index (χ2n) is 6.09. The van der Waals surface area contributed by atoms with Gasteiger partial charge in [0.1, 0.15) is 5.69 Å². The second-order valence-corrected chi connectivity index (χ2v) is 6.09. The Morgan fingerprint density at radius 3 is 2.50 bits per heavy atom. The standard InChI is InChI=1S/C19H19N3O4/c23-17(16-12-13(19(25)26)8-9-20-16)21-15-7-3-2-6-14(15)18(24)22-10-4-1-5-11-22/h2-3,6-9,12H,1,4-5,10-11H2,(H,21,23)(H,25,26). The molecule has 1 saturated heterocycles. The number of rotatable bonds is 4. The van der Waals surface area contributed by atoms with E-state index in [1.165, 1.54) is 18.3 Å². The number of piperidine rings is 1. The van der Waals surface area contributed by atoms with Gasteiger partial charge in [-0.05, 0) is 43.5 Å². The van der Waals surface area contributed by atoms with E-state index in [0.29, 0.717) is 24.3 Å². The SMILES string of the molecule is O=C(O)c1ccnc(C(=O)Nc2ccccc2C(=O)N2CCCCC2)c1. The van der Waals surface area contributed by atoms with Crippen molar-refractivity contribution in [2.24, 2.45) is 0 Å². The first-order chi connectivity index (χ1) is 12.6. The van der Waals surface area contributed by atoms with Gasteiger partial charge in [0.05, 0.1) is 16.8 Å². The third-order valence-corrected chi connectivity index (χ3v) is 4.29. The molecule has 134 valence electrons. The van der Waals surface area contributed by atoms with Crippen LogP contribution >= 0.6 is 0 Å². The van der Waals surface area contributed by atoms with Crippen LogP contribution in [0.2, 0.25) is 0 Å². The van der Waals surface area contributed by atoms with Crippen LogP contribution in [0.5, 0.6) is 0 Å². The van der Waals surface area contributed by atoms with Crippen molar-refractivity contribution in [1.29, 1.82) is 0 Å². The predicted molar refractivity (Wildman–Crippen MR) is 95.3 cm³/mol. The molecule has 0 unspecified atom stereocenters. The van der Waals surface area contributed by atoms with Crippen molar-refractivity contribution in [2.75, 3.05) is 18.4 Å². The molecule has 2 amide bonds. The Bertz CT molecular complexity index is 844. The number of nitrogens with zero attached hydrogens (tertiary/aromatic N) is 2. The summed E-state index contributed by atoms with van der Waals surface area (Å²) >= 11 is 0. The number of carbonyl (C=O) groups excluding carboxylic acids is 2. The summed E-state index contributed by atoms with van der Waals surface area (Å²) in [6.07, 6.45) is 4.34. The lowest BCUT2D eigenvalue weighted by atomic mass is 10.1. The van der Waals surface area contributed by atoms with Crippen LogP contribution in [0, 0.1) is 0 Å². The monoisotopic (exact) mass is 353 g/mol. The van der Waals surface area contributed by atoms with Crippen LogP contribution in [0.4, 0.5) is 5.69 Å². The van der Waals surface area contributed by atoms with E-state index in [9.17, 15) is 14.4 Å². The fourth-order valence-corrected chi connectivity index (χ4v) is 2.92. The molecule has 1 aromatic carbocycles. The first-order valence-corrected chi connectivity index (χ1v) is 8.45. The normalized spacial score (nSPS) is 13.9. The van der Waals surface area contributed by atoms with Gasteiger partial charge in [0.25, 0.3) is 11.8 Å². The van der Waals surface area contributed by atoms with E-state index in [0.717, 1.165) is 19.3 Å². The smallest absolute Gasteiger partial charge is 0.335 e. The van der Waals surface area contributed by atoms with Crippen molar-refractivity contribution in [3.05, 3.63) is 59.4 Å². The average Bonchev–Trinajstić information content (AvgIpc) is 2.68. The van der Waals surface area contributed by atoms with Gasteiger partial charge in [-0.25, -0.2) is 4.79 Å². The van der Waals surface area contributed by atoms with Gasteiger partial charge in [-0.15, -0.1) is 0 Å². The zero-order valence-electron chi connectivity index (χ0n) is 14.1. The van der Waals surface area contributed by atoms with Gasteiger partial charge in [0, 0.05) is 19.3 Å². The zero-order valence-corrected chi connectivity index (χ0v) is 14.1. The van der Waals surface area contributed by atoms with E-state index in [1.807, 2.05) is 0 Å². The van der Waals surface area contributed by atoms with Crippen LogP contribution in [-0.2, 0) is 0 Å². The summed E-state index contributed by atoms with van der Waals surface area (Å²) in [6, 6.07) is 9.31. The Hall–Kier alpha value is -3.22. The first-order valence-electron chi connectivity index (χ1n) is 8.45. The summed E-state index contributed by atoms with van der Waals surface area (Å²) in [4.78, 5) is 42.0. The lowest BCUT2D eigenvalue weighted by Crippen LogP contribution is -2.36. The van der Waals surface area contributed by atoms with Crippen molar-refractivity contribution in [3.63, 3.8) is 0 Å². The van der Waals surface area contributed by atoms with Crippen LogP contribution in [0.1, 0.15) is 50.5 Å². The fourth-order valence-electron chi connectivity index (χ4n) is 2.92. The third kappa shape index (κ3) is 3.88. The molecule has 0 saturated carbocycles. The van der Waals surface area contributed by atoms with Gasteiger partial charge in [0.2, 0.25) is 0 Å². The first kappa shape index (κ1) is 17.6. The van der Waals surface area contributed by atoms with Gasteiger partial charge >= 0.3 is 5.97 Å². The Morgan fingerprint density at radius 2 is 1.77 bits per heavy atom. The number of pyridine rings is 1. The van der Waals surface area contributed by atoms with Gasteiger partial charge in [0.15, 0.2) is 0 Å². The second kappa shape index (κ2) is 7.77. The number of carboxylic acids is 1. The van der Waals surface area contributed by atoms with Crippen molar-refractivity contribution >= 4 is 23.5 Å². The molecule has 2 aromatic rings. The maximum Gasteiger partial charge on any atom is 0.335 e. The minimum absolute atomic E-state index is 0.0230. The maximum atomic E-state index is 12.8. The molecule has 26 heavy (non-hydrogen) atoms. The Balaban J connectivity index is 1.82. The molecule has 0 bridgehead atoms. The van der Waals surface area contributed by atoms with Crippen LogP contribution in [0.3, 0.4) is 0 Å². The lowest BCUT2D eigenvalue weighted by Gasteiger charge is -2.27. The van der Waals surface area contributed by atoms with Crippen molar-refractivity contribution in [1.82, 2.24) is 9.88 Å². The number of anilines is 1. The Kier molecular flexibility index (Phi) is 5.26. The summed E-state index contributed by atoms with van der Waals surface area (Å²) in [5.41, 5.74) is 0.751. The van der Waals surface area contributed by atoms with E-state index in [1.54, 1.807) is 29.2 Å². The van der Waals surface area contributed by atoms with Crippen LogP contribution in [0.15, 0.2) is 42.6 Å². The molecule has 0 atom stereocenters. The number of hydrogen-bond acceptors (Lipinski definition) is 4. The average molecular weight is 353 g/mol. The minimum Gasteiger partial charge on any atom is -0.478 e. The number of nitrogens with one attached hydrogen (secondary N) is 1. The molecule has 1 aliphatic rings. The summed E-state index contributed by atoms with van der Waals surface area (Å²) in [6.45, 7) is 1.42. The number of carbonyl (C=O) groups is 3. The molecular formula is C19H19N3O4. The van der Waals surface area contributed by atoms with E-state index in [2.05, 4.69) is 10.3 Å². The van der Waals surface area contributed by atoms with Gasteiger partial charge < -0.3 is 15.3 Å². The number of para-hydroxylation sites is 1. The molecule has 3 rings (SSSR count). The van der Waals surface area contributed by atoms with Crippen LogP contribution in [0.25, 0.3) is 0 Å². The van der Waals surface area contributed by atoms with Crippen LogP contribution < -0.4 is 5.32 Å². The van der Waals surface area contributed by atoms with E-state index >= 15 is 0 Å². The number of aromatic carboxylic acids is 1. The molecule has 1 aliphatic heterocycles. The minimum atomic E-state index is -1.14. The number of hydrogen-bond donors (Lipinski definition) is 2. The Morgan fingerprint density at radius 1 is 1.04 bits per heavy atom. The third-order valence-electron chi connectivity index (χ3n) is 4.29. The highest BCUT2D eigenvalue weighted by atomic mass is 16.4. The lowest BCUT2D eigenvalue weighted by molar-refractivity contribution is 0.0694. The summed E-state index contributed by atoms with van der Waals surface area (Å²) in [7, 11) is 0. The van der Waals surface area contributed by atoms with Gasteiger partial charge in [-0.3, -0.25) is 14.6 Å². The van der Waals surface area contributed by atoms with Gasteiger partial charge in [-0.2, -0.15) is 0 Å². The molecule has 1 fully saturated rings. The molecule has 7 nitrogen and oxygen atoms in total. The van der Waals surface area contributed by atoms with Crippen molar-refractivity contribution in [2.45, 2.75) is 19.3 Å². The van der Waals surface area contributed by atoms with Crippen molar-refractivity contribution < 1.29 is 19.5 Å². The summed E-state index contributed by atoms with van der Waals surface area (Å²) < 4.78 is 0. The molecule has 0 spiro atoms. The molecular weight excluding hydrogens is 334 g/mol. The zero-order chi connectivity index (χ0) is 18.5. The highest BCUT2D eigenvalue weighted by Gasteiger charge is 2.21. The van der Waals surface area contributed by atoms with E-state index in [-0.39, 0.29) is 17.2 Å². The topological polar surface area (TPSA) is 99.6 Å². The Labute approximate surface area is 150 Å². The van der Waals surface area contributed by atoms with Gasteiger partial charge in [-0.1, -0.05) is 12.1 Å². The van der Waals surface area contributed by atoms with E-state index in [4.69, 9.17) is 5.11 Å². The van der Waals surface area contributed by atoms with Crippen molar-refractivity contribution in [3.8, 4) is 0 Å². The number of likely N-dealkylation sites (tertiary alicyclic amines) is 1. The highest BCUT2D eigenvalue weighted by Crippen LogP contribution is 2.20. The summed E-state index contributed by atoms with van der Waals surface area (Å²) in [5, 5.41) is 11.7. The number of amides is 2. The molecule has 2 heterocycles. The largest absolute Gasteiger partial charge is 0.478 e. The molecule has 0 radical (unpaired) electrons. The quantitative estimate of drug-likeness (QED) is 0.880. The fraction of sp³-hybridized carbons (Fsp3) is 0.263. The van der Waals surface area contributed by atoms with Crippen LogP contribution in [-0.4, -0.2) is 45.9 Å². The number of benzene rings is 1. The predicted octanol–water partition coefficient (Wildman–Crippen LogP) is 2.66. The summed E-state index contributed by atoms with van der Waals surface area (Å²) in [5.74, 6) is -1.82.